The summed E-state index contributed by atoms with van der Waals surface area (Å²) in [5.74, 6) is 1.35. The molecular formula is C46H62O5. The molecule has 1 aromatic rings. The molecule has 0 bridgehead atoms. The number of allylic oxidation sites excluding steroid dienone is 5. The fourth-order valence-electron chi connectivity index (χ4n) is 13.4. The van der Waals surface area contributed by atoms with Crippen LogP contribution in [0.2, 0.25) is 0 Å². The number of ether oxygens (including phenoxy) is 2. The highest BCUT2D eigenvalue weighted by molar-refractivity contribution is 6.06. The number of carbonyl (C=O) groups excluding carboxylic acids is 3. The first-order chi connectivity index (χ1) is 24.1. The molecule has 3 fully saturated rings. The van der Waals surface area contributed by atoms with Gasteiger partial charge in [-0.05, 0) is 144 Å². The summed E-state index contributed by atoms with van der Waals surface area (Å²) in [5.41, 5.74) is 5.52. The molecule has 0 heterocycles. The third kappa shape index (κ3) is 5.39. The smallest absolute Gasteiger partial charge is 0.317 e. The molecule has 6 aliphatic rings. The van der Waals surface area contributed by atoms with Crippen LogP contribution in [0, 0.1) is 56.7 Å². The topological polar surface area (TPSA) is 69.7 Å². The Labute approximate surface area is 307 Å². The van der Waals surface area contributed by atoms with E-state index in [-0.39, 0.29) is 70.2 Å². The number of hydrogen-bond acceptors (Lipinski definition) is 5. The lowest BCUT2D eigenvalue weighted by molar-refractivity contribution is -0.202. The molecule has 1 aromatic carbocycles. The molecule has 276 valence electrons. The Morgan fingerprint density at radius 1 is 0.863 bits per heavy atom. The minimum atomic E-state index is -0.829. The number of ketones is 1. The molecule has 0 radical (unpaired) electrons. The summed E-state index contributed by atoms with van der Waals surface area (Å²) in [7, 11) is 0. The van der Waals surface area contributed by atoms with Crippen LogP contribution in [0.1, 0.15) is 132 Å². The van der Waals surface area contributed by atoms with Crippen LogP contribution in [0.3, 0.4) is 0 Å². The largest absolute Gasteiger partial charge is 0.466 e. The van der Waals surface area contributed by atoms with E-state index in [1.807, 2.05) is 37.3 Å². The predicted molar refractivity (Wildman–Crippen MR) is 201 cm³/mol. The summed E-state index contributed by atoms with van der Waals surface area (Å²) in [6.07, 6.45) is 15.1. The van der Waals surface area contributed by atoms with Crippen LogP contribution in [0.4, 0.5) is 0 Å². The fraction of sp³-hybridized carbons (Fsp3) is 0.674. The summed E-state index contributed by atoms with van der Waals surface area (Å²) >= 11 is 0. The summed E-state index contributed by atoms with van der Waals surface area (Å²) in [6, 6.07) is 9.92. The SMILES string of the molecule is CCOC(=O)[C@@H]1CC=C(C2=CC[C@@]3(C)[C@H](CC[C@@]4(C)[C@H]3CC[C@@H]3C5=C(C(C)C)C(=O)C[C@@]5(C(=O)OCc5ccccc5)CC[C@@]34C)C2(C)C)CC1. The van der Waals surface area contributed by atoms with Gasteiger partial charge in [-0.2, -0.15) is 0 Å². The Morgan fingerprint density at radius 2 is 1.61 bits per heavy atom. The van der Waals surface area contributed by atoms with E-state index in [4.69, 9.17) is 9.47 Å². The number of rotatable bonds is 7. The highest BCUT2D eigenvalue weighted by atomic mass is 16.5. The van der Waals surface area contributed by atoms with Crippen molar-refractivity contribution >= 4 is 17.7 Å². The van der Waals surface area contributed by atoms with Crippen molar-refractivity contribution in [3.8, 4) is 0 Å². The Bertz CT molecular complexity index is 1680. The molecule has 6 aliphatic carbocycles. The van der Waals surface area contributed by atoms with Crippen LogP contribution in [-0.4, -0.2) is 24.3 Å². The monoisotopic (exact) mass is 694 g/mol. The van der Waals surface area contributed by atoms with Crippen molar-refractivity contribution in [1.82, 2.24) is 0 Å². The minimum Gasteiger partial charge on any atom is -0.466 e. The van der Waals surface area contributed by atoms with E-state index >= 15 is 0 Å². The van der Waals surface area contributed by atoms with Crippen LogP contribution >= 0.6 is 0 Å². The van der Waals surface area contributed by atoms with Crippen molar-refractivity contribution in [3.63, 3.8) is 0 Å². The van der Waals surface area contributed by atoms with Crippen LogP contribution in [0.5, 0.6) is 0 Å². The van der Waals surface area contributed by atoms with Crippen LogP contribution < -0.4 is 0 Å². The van der Waals surface area contributed by atoms with E-state index in [2.05, 4.69) is 60.6 Å². The van der Waals surface area contributed by atoms with Gasteiger partial charge in [0.1, 0.15) is 6.61 Å². The second-order valence-electron chi connectivity index (χ2n) is 18.8. The second kappa shape index (κ2) is 12.9. The van der Waals surface area contributed by atoms with Crippen molar-refractivity contribution in [2.75, 3.05) is 6.61 Å². The number of esters is 2. The van der Waals surface area contributed by atoms with Gasteiger partial charge in [-0.3, -0.25) is 14.4 Å². The van der Waals surface area contributed by atoms with E-state index < -0.39 is 5.41 Å². The van der Waals surface area contributed by atoms with E-state index in [0.717, 1.165) is 61.7 Å². The average Bonchev–Trinajstić information content (AvgIpc) is 3.41. The van der Waals surface area contributed by atoms with Gasteiger partial charge in [-0.15, -0.1) is 0 Å². The zero-order valence-corrected chi connectivity index (χ0v) is 32.7. The van der Waals surface area contributed by atoms with Gasteiger partial charge >= 0.3 is 11.9 Å². The van der Waals surface area contributed by atoms with Crippen LogP contribution in [0.15, 0.2) is 64.8 Å². The Morgan fingerprint density at radius 3 is 2.27 bits per heavy atom. The summed E-state index contributed by atoms with van der Waals surface area (Å²) in [4.78, 5) is 40.8. The van der Waals surface area contributed by atoms with Crippen molar-refractivity contribution in [3.05, 3.63) is 70.3 Å². The first-order valence-corrected chi connectivity index (χ1v) is 20.2. The van der Waals surface area contributed by atoms with Gasteiger partial charge in [0.15, 0.2) is 5.78 Å². The maximum atomic E-state index is 14.3. The molecule has 0 aromatic heterocycles. The zero-order valence-electron chi connectivity index (χ0n) is 32.7. The fourth-order valence-corrected chi connectivity index (χ4v) is 13.4. The molecule has 0 spiro atoms. The molecule has 51 heavy (non-hydrogen) atoms. The van der Waals surface area contributed by atoms with Gasteiger partial charge in [0.2, 0.25) is 0 Å². The number of Topliss-reactive ketones (excluding diaryl/α,β-unsaturated/α-hetero) is 1. The third-order valence-electron chi connectivity index (χ3n) is 16.0. The number of hydrogen-bond donors (Lipinski definition) is 0. The lowest BCUT2D eigenvalue weighted by Crippen LogP contribution is -2.64. The van der Waals surface area contributed by atoms with E-state index in [0.29, 0.717) is 24.9 Å². The van der Waals surface area contributed by atoms with Gasteiger partial charge in [0.25, 0.3) is 0 Å². The molecular weight excluding hydrogens is 633 g/mol. The molecule has 3 saturated carbocycles. The van der Waals surface area contributed by atoms with Gasteiger partial charge in [-0.25, -0.2) is 0 Å². The first kappa shape index (κ1) is 36.4. The van der Waals surface area contributed by atoms with Gasteiger partial charge < -0.3 is 9.47 Å². The zero-order chi connectivity index (χ0) is 36.6. The molecule has 7 rings (SSSR count). The molecule has 5 nitrogen and oxygen atoms in total. The molecule has 0 aliphatic heterocycles. The van der Waals surface area contributed by atoms with E-state index in [1.165, 1.54) is 24.0 Å². The number of carbonyl (C=O) groups is 3. The van der Waals surface area contributed by atoms with E-state index in [9.17, 15) is 14.4 Å². The van der Waals surface area contributed by atoms with Crippen molar-refractivity contribution in [1.29, 1.82) is 0 Å². The van der Waals surface area contributed by atoms with Gasteiger partial charge in [0, 0.05) is 6.42 Å². The molecule has 5 heteroatoms. The highest BCUT2D eigenvalue weighted by Crippen LogP contribution is 2.77. The number of fused-ring (bicyclic) bond motifs is 7. The van der Waals surface area contributed by atoms with E-state index in [1.54, 1.807) is 0 Å². The molecule has 0 saturated heterocycles. The Balaban J connectivity index is 1.19. The molecule has 0 N–H and O–H groups in total. The van der Waals surface area contributed by atoms with Crippen molar-refractivity contribution in [2.45, 2.75) is 133 Å². The summed E-state index contributed by atoms with van der Waals surface area (Å²) < 4.78 is 11.5. The molecule has 8 atom stereocenters. The molecule has 0 unspecified atom stereocenters. The second-order valence-corrected chi connectivity index (χ2v) is 18.8. The lowest BCUT2D eigenvalue weighted by Gasteiger charge is -2.71. The highest BCUT2D eigenvalue weighted by Gasteiger charge is 2.70. The van der Waals surface area contributed by atoms with Crippen molar-refractivity contribution < 1.29 is 23.9 Å². The van der Waals surface area contributed by atoms with Gasteiger partial charge in [-0.1, -0.05) is 91.0 Å². The van der Waals surface area contributed by atoms with Gasteiger partial charge in [0.05, 0.1) is 17.9 Å². The normalized spacial score (nSPS) is 38.5. The maximum absolute atomic E-state index is 14.3. The first-order valence-electron chi connectivity index (χ1n) is 20.2. The summed E-state index contributed by atoms with van der Waals surface area (Å²) in [6.45, 7) is 19.6. The Kier molecular flexibility index (Phi) is 9.19. The quantitative estimate of drug-likeness (QED) is 0.266. The third-order valence-corrected chi connectivity index (χ3v) is 16.0. The number of benzene rings is 1. The lowest BCUT2D eigenvalue weighted by atomic mass is 9.33. The molecule has 0 amide bonds. The average molecular weight is 695 g/mol. The minimum absolute atomic E-state index is 0.00462. The standard InChI is InChI=1S/C46H62O5/c1-9-50-40(48)32-17-15-31(16-18-32)33-21-23-43(6)36(42(33,4)5)22-24-45(8)37(43)20-19-34-39-38(29(2)3)35(47)27-46(39,26-25-44(34,45)7)41(49)51-28-30-13-11-10-12-14-30/h10-15,21,29,32,34,36-37H,9,16-20,22-28H2,1-8H3/t32-,34-,36-,37+,43+,44+,45+,46+/m1/s1. The van der Waals surface area contributed by atoms with Crippen LogP contribution in [-0.2, 0) is 30.5 Å². The van der Waals surface area contributed by atoms with Crippen molar-refractivity contribution in [2.24, 2.45) is 56.7 Å². The maximum Gasteiger partial charge on any atom is 0.317 e. The Hall–Kier alpha value is -2.95. The summed E-state index contributed by atoms with van der Waals surface area (Å²) in [5, 5.41) is 0. The van der Waals surface area contributed by atoms with Crippen LogP contribution in [0.25, 0.3) is 0 Å². The predicted octanol–water partition coefficient (Wildman–Crippen LogP) is 10.5.